The number of nitrogens with one attached hydrogen (secondary N) is 1. The number of amides is 1. The number of sulfonamides is 1. The van der Waals surface area contributed by atoms with Crippen molar-refractivity contribution in [3.63, 3.8) is 0 Å². The van der Waals surface area contributed by atoms with E-state index in [1.54, 1.807) is 24.3 Å². The number of benzene rings is 2. The van der Waals surface area contributed by atoms with E-state index >= 15 is 0 Å². The Morgan fingerprint density at radius 1 is 1.00 bits per heavy atom. The third kappa shape index (κ3) is 5.65. The van der Waals surface area contributed by atoms with Crippen LogP contribution in [0.4, 0.5) is 0 Å². The first kappa shape index (κ1) is 21.1. The molecule has 0 aromatic heterocycles. The van der Waals surface area contributed by atoms with Crippen molar-refractivity contribution in [3.05, 3.63) is 65.7 Å². The molecule has 0 aliphatic heterocycles. The summed E-state index contributed by atoms with van der Waals surface area (Å²) in [7, 11) is -3.46. The molecule has 0 spiro atoms. The number of hydrogen-bond donors (Lipinski definition) is 1. The lowest BCUT2D eigenvalue weighted by Gasteiger charge is -2.19. The summed E-state index contributed by atoms with van der Waals surface area (Å²) in [5.41, 5.74) is 2.01. The zero-order chi connectivity index (χ0) is 19.9. The van der Waals surface area contributed by atoms with Gasteiger partial charge in [0.15, 0.2) is 0 Å². The maximum absolute atomic E-state index is 12.5. The number of rotatable bonds is 9. The standard InChI is InChI=1S/C21H28N2O3S/c1-4-23(5-2)27(25,26)20-14-12-19(13-15-20)17(3)22-21(24)16-11-18-9-7-6-8-10-18/h6-10,12-15,17H,4-5,11,16H2,1-3H3,(H,22,24). The minimum absolute atomic E-state index is 0.0220. The van der Waals surface area contributed by atoms with Crippen molar-refractivity contribution in [2.45, 2.75) is 44.6 Å². The first-order chi connectivity index (χ1) is 12.9. The summed E-state index contributed by atoms with van der Waals surface area (Å²) in [6.45, 7) is 6.42. The topological polar surface area (TPSA) is 66.5 Å². The van der Waals surface area contributed by atoms with Crippen molar-refractivity contribution in [1.29, 1.82) is 0 Å². The van der Waals surface area contributed by atoms with Crippen molar-refractivity contribution in [1.82, 2.24) is 9.62 Å². The number of nitrogens with zero attached hydrogens (tertiary/aromatic N) is 1. The van der Waals surface area contributed by atoms with Crippen LogP contribution in [0.15, 0.2) is 59.5 Å². The molecular weight excluding hydrogens is 360 g/mol. The van der Waals surface area contributed by atoms with Crippen LogP contribution in [0.25, 0.3) is 0 Å². The molecule has 0 fully saturated rings. The van der Waals surface area contributed by atoms with E-state index in [4.69, 9.17) is 0 Å². The maximum atomic E-state index is 12.5. The lowest BCUT2D eigenvalue weighted by Crippen LogP contribution is -2.30. The molecule has 0 saturated carbocycles. The van der Waals surface area contributed by atoms with Gasteiger partial charge in [0.05, 0.1) is 10.9 Å². The van der Waals surface area contributed by atoms with E-state index in [0.29, 0.717) is 25.9 Å². The van der Waals surface area contributed by atoms with Crippen LogP contribution in [0.1, 0.15) is 44.4 Å². The van der Waals surface area contributed by atoms with E-state index in [0.717, 1.165) is 11.1 Å². The molecule has 0 bridgehead atoms. The Morgan fingerprint density at radius 2 is 1.59 bits per heavy atom. The molecule has 0 aliphatic carbocycles. The van der Waals surface area contributed by atoms with Crippen molar-refractivity contribution in [2.24, 2.45) is 0 Å². The van der Waals surface area contributed by atoms with Crippen LogP contribution in [0.5, 0.6) is 0 Å². The number of aryl methyl sites for hydroxylation is 1. The smallest absolute Gasteiger partial charge is 0.243 e. The number of carbonyl (C=O) groups excluding carboxylic acids is 1. The van der Waals surface area contributed by atoms with E-state index in [-0.39, 0.29) is 16.8 Å². The fourth-order valence-corrected chi connectivity index (χ4v) is 4.40. The molecule has 6 heteroatoms. The van der Waals surface area contributed by atoms with E-state index < -0.39 is 10.0 Å². The third-order valence-electron chi connectivity index (χ3n) is 4.58. The van der Waals surface area contributed by atoms with Gasteiger partial charge in [-0.25, -0.2) is 8.42 Å². The summed E-state index contributed by atoms with van der Waals surface area (Å²) in [6.07, 6.45) is 1.11. The molecule has 0 aliphatic rings. The molecule has 27 heavy (non-hydrogen) atoms. The molecular formula is C21H28N2O3S. The predicted molar refractivity (Wildman–Crippen MR) is 108 cm³/mol. The fraction of sp³-hybridized carbons (Fsp3) is 0.381. The van der Waals surface area contributed by atoms with Gasteiger partial charge in [0, 0.05) is 19.5 Å². The van der Waals surface area contributed by atoms with Crippen LogP contribution >= 0.6 is 0 Å². The average molecular weight is 389 g/mol. The van der Waals surface area contributed by atoms with E-state index in [9.17, 15) is 13.2 Å². The normalized spacial score (nSPS) is 12.7. The molecule has 1 unspecified atom stereocenters. The number of carbonyl (C=O) groups is 1. The molecule has 2 aromatic rings. The van der Waals surface area contributed by atoms with Gasteiger partial charge in [-0.2, -0.15) is 4.31 Å². The van der Waals surface area contributed by atoms with Gasteiger partial charge in [0.2, 0.25) is 15.9 Å². The fourth-order valence-electron chi connectivity index (χ4n) is 2.94. The quantitative estimate of drug-likeness (QED) is 0.715. The second-order valence-electron chi connectivity index (χ2n) is 6.43. The first-order valence-corrected chi connectivity index (χ1v) is 10.8. The molecule has 0 radical (unpaired) electrons. The van der Waals surface area contributed by atoms with Crippen LogP contribution in [0, 0.1) is 0 Å². The Bertz CT molecular complexity index is 829. The van der Waals surface area contributed by atoms with Gasteiger partial charge in [-0.3, -0.25) is 4.79 Å². The monoisotopic (exact) mass is 388 g/mol. The van der Waals surface area contributed by atoms with Crippen LogP contribution in [0.2, 0.25) is 0 Å². The molecule has 5 nitrogen and oxygen atoms in total. The molecule has 0 saturated heterocycles. The van der Waals surface area contributed by atoms with Gasteiger partial charge in [0.25, 0.3) is 0 Å². The highest BCUT2D eigenvalue weighted by atomic mass is 32.2. The lowest BCUT2D eigenvalue weighted by molar-refractivity contribution is -0.121. The van der Waals surface area contributed by atoms with Gasteiger partial charge < -0.3 is 5.32 Å². The highest BCUT2D eigenvalue weighted by molar-refractivity contribution is 7.89. The van der Waals surface area contributed by atoms with Crippen molar-refractivity contribution < 1.29 is 13.2 Å². The van der Waals surface area contributed by atoms with Crippen molar-refractivity contribution in [2.75, 3.05) is 13.1 Å². The van der Waals surface area contributed by atoms with Crippen molar-refractivity contribution >= 4 is 15.9 Å². The third-order valence-corrected chi connectivity index (χ3v) is 6.65. The van der Waals surface area contributed by atoms with Gasteiger partial charge >= 0.3 is 0 Å². The lowest BCUT2D eigenvalue weighted by atomic mass is 10.1. The minimum atomic E-state index is -3.46. The molecule has 2 aromatic carbocycles. The highest BCUT2D eigenvalue weighted by Crippen LogP contribution is 2.19. The van der Waals surface area contributed by atoms with E-state index in [1.165, 1.54) is 4.31 Å². The van der Waals surface area contributed by atoms with Crippen LogP contribution in [-0.4, -0.2) is 31.7 Å². The summed E-state index contributed by atoms with van der Waals surface area (Å²) in [5.74, 6) is -0.0220. The zero-order valence-corrected chi connectivity index (χ0v) is 17.0. The Labute approximate surface area is 162 Å². The van der Waals surface area contributed by atoms with Gasteiger partial charge in [-0.1, -0.05) is 56.3 Å². The summed E-state index contributed by atoms with van der Waals surface area (Å²) >= 11 is 0. The predicted octanol–water partition coefficient (Wildman–Crippen LogP) is 3.53. The first-order valence-electron chi connectivity index (χ1n) is 9.31. The SMILES string of the molecule is CCN(CC)S(=O)(=O)c1ccc(C(C)NC(=O)CCc2ccccc2)cc1. The number of hydrogen-bond acceptors (Lipinski definition) is 3. The summed E-state index contributed by atoms with van der Waals surface area (Å²) in [6, 6.07) is 16.4. The second kappa shape index (κ2) is 9.67. The van der Waals surface area contributed by atoms with Crippen LogP contribution in [-0.2, 0) is 21.2 Å². The molecule has 1 amide bonds. The summed E-state index contributed by atoms with van der Waals surface area (Å²) in [5, 5.41) is 2.97. The average Bonchev–Trinajstić information content (AvgIpc) is 2.68. The Morgan fingerprint density at radius 3 is 2.15 bits per heavy atom. The molecule has 2 rings (SSSR count). The summed E-state index contributed by atoms with van der Waals surface area (Å²) in [4.78, 5) is 12.5. The second-order valence-corrected chi connectivity index (χ2v) is 8.37. The van der Waals surface area contributed by atoms with Crippen LogP contribution < -0.4 is 5.32 Å². The molecule has 1 N–H and O–H groups in total. The zero-order valence-electron chi connectivity index (χ0n) is 16.2. The molecule has 0 heterocycles. The van der Waals surface area contributed by atoms with Gasteiger partial charge in [-0.15, -0.1) is 0 Å². The summed E-state index contributed by atoms with van der Waals surface area (Å²) < 4.78 is 26.5. The van der Waals surface area contributed by atoms with E-state index in [2.05, 4.69) is 5.32 Å². The Balaban J connectivity index is 1.97. The van der Waals surface area contributed by atoms with Crippen LogP contribution in [0.3, 0.4) is 0 Å². The Kier molecular flexibility index (Phi) is 7.56. The van der Waals surface area contributed by atoms with Gasteiger partial charge in [0.1, 0.15) is 0 Å². The Hall–Kier alpha value is -2.18. The van der Waals surface area contributed by atoms with E-state index in [1.807, 2.05) is 51.1 Å². The minimum Gasteiger partial charge on any atom is -0.350 e. The van der Waals surface area contributed by atoms with Crippen molar-refractivity contribution in [3.8, 4) is 0 Å². The van der Waals surface area contributed by atoms with Gasteiger partial charge in [-0.05, 0) is 36.6 Å². The maximum Gasteiger partial charge on any atom is 0.243 e. The molecule has 1 atom stereocenters. The molecule has 146 valence electrons. The largest absolute Gasteiger partial charge is 0.350 e. The highest BCUT2D eigenvalue weighted by Gasteiger charge is 2.21.